The largest absolute Gasteiger partial charge is 0.490 e. The molecule has 5 heteroatoms. The van der Waals surface area contributed by atoms with E-state index < -0.39 is 0 Å². The van der Waals surface area contributed by atoms with Gasteiger partial charge in [0.05, 0.1) is 6.61 Å². The van der Waals surface area contributed by atoms with E-state index in [2.05, 4.69) is 13.8 Å². The molecule has 0 aliphatic carbocycles. The Kier molecular flexibility index (Phi) is 11.3. The van der Waals surface area contributed by atoms with Crippen LogP contribution in [0.25, 0.3) is 0 Å². The highest BCUT2D eigenvalue weighted by Gasteiger charge is 2.16. The first-order valence-corrected chi connectivity index (χ1v) is 7.12. The van der Waals surface area contributed by atoms with Crippen LogP contribution < -0.4 is 0 Å². The van der Waals surface area contributed by atoms with Gasteiger partial charge >= 0.3 is 7.12 Å². The Balaban J connectivity index is 4.22. The van der Waals surface area contributed by atoms with Gasteiger partial charge in [-0.3, -0.25) is 0 Å². The first kappa shape index (κ1) is 15.9. The Morgan fingerprint density at radius 1 is 1.12 bits per heavy atom. The maximum Gasteiger partial charge on any atom is 0.490 e. The Bertz CT molecular complexity index is 180. The fraction of sp³-hybridized carbons (Fsp3) is 0.818. The summed E-state index contributed by atoms with van der Waals surface area (Å²) >= 11 is 1.57. The summed E-state index contributed by atoms with van der Waals surface area (Å²) in [6, 6.07) is 0. The standard InChI is InChI=1S/C11H23BO3S/c1-5-8-14-12(15-9-6-2)10-11(16-4)13-7-3/h10H,5-9H2,1-4H3/b11-10+. The number of rotatable bonds is 10. The maximum atomic E-state index is 5.58. The normalized spacial score (nSPS) is 11.6. The fourth-order valence-electron chi connectivity index (χ4n) is 1.04. The minimum Gasteiger partial charge on any atom is -0.489 e. The van der Waals surface area contributed by atoms with E-state index in [1.807, 2.05) is 19.2 Å². The summed E-state index contributed by atoms with van der Waals surface area (Å²) in [5, 5.41) is 0.861. The third kappa shape index (κ3) is 8.08. The highest BCUT2D eigenvalue weighted by Crippen LogP contribution is 2.14. The van der Waals surface area contributed by atoms with Crippen molar-refractivity contribution in [2.24, 2.45) is 0 Å². The molecule has 0 heterocycles. The monoisotopic (exact) mass is 246 g/mol. The van der Waals surface area contributed by atoms with Crippen LogP contribution in [0, 0.1) is 0 Å². The molecule has 0 bridgehead atoms. The first-order chi connectivity index (χ1) is 7.78. The van der Waals surface area contributed by atoms with Gasteiger partial charge in [-0.1, -0.05) is 25.6 Å². The van der Waals surface area contributed by atoms with Crippen molar-refractivity contribution in [3.8, 4) is 0 Å². The van der Waals surface area contributed by atoms with Crippen LogP contribution in [0.5, 0.6) is 0 Å². The van der Waals surface area contributed by atoms with Crippen molar-refractivity contribution in [1.29, 1.82) is 0 Å². The van der Waals surface area contributed by atoms with Crippen LogP contribution in [0.3, 0.4) is 0 Å². The summed E-state index contributed by atoms with van der Waals surface area (Å²) in [7, 11) is -0.283. The molecule has 0 aromatic heterocycles. The third-order valence-electron chi connectivity index (χ3n) is 1.73. The molecule has 0 aromatic carbocycles. The lowest BCUT2D eigenvalue weighted by Crippen LogP contribution is -2.22. The summed E-state index contributed by atoms with van der Waals surface area (Å²) in [5.74, 6) is 1.90. The van der Waals surface area contributed by atoms with Crippen LogP contribution in [0.1, 0.15) is 33.6 Å². The van der Waals surface area contributed by atoms with Crippen molar-refractivity contribution in [1.82, 2.24) is 0 Å². The summed E-state index contributed by atoms with van der Waals surface area (Å²) in [6.45, 7) is 8.22. The van der Waals surface area contributed by atoms with Crippen LogP contribution >= 0.6 is 11.8 Å². The van der Waals surface area contributed by atoms with E-state index in [1.54, 1.807) is 11.8 Å². The number of thioether (sulfide) groups is 1. The lowest BCUT2D eigenvalue weighted by Gasteiger charge is -2.12. The zero-order chi connectivity index (χ0) is 12.2. The molecule has 0 atom stereocenters. The zero-order valence-corrected chi connectivity index (χ0v) is 11.6. The molecule has 0 aliphatic rings. The van der Waals surface area contributed by atoms with E-state index >= 15 is 0 Å². The SMILES string of the molecule is CCCOB(/C=C(\OCC)SC)OCCC. The van der Waals surface area contributed by atoms with Crippen molar-refractivity contribution in [2.45, 2.75) is 33.6 Å². The average molecular weight is 246 g/mol. The van der Waals surface area contributed by atoms with Crippen molar-refractivity contribution < 1.29 is 14.0 Å². The second-order valence-corrected chi connectivity index (χ2v) is 4.04. The van der Waals surface area contributed by atoms with Gasteiger partial charge < -0.3 is 14.0 Å². The lowest BCUT2D eigenvalue weighted by atomic mass is 9.90. The second-order valence-electron chi connectivity index (χ2n) is 3.23. The van der Waals surface area contributed by atoms with Crippen molar-refractivity contribution >= 4 is 18.9 Å². The molecule has 16 heavy (non-hydrogen) atoms. The fourth-order valence-corrected chi connectivity index (χ4v) is 1.52. The van der Waals surface area contributed by atoms with Crippen LogP contribution in [-0.4, -0.2) is 33.2 Å². The molecule has 0 unspecified atom stereocenters. The van der Waals surface area contributed by atoms with Gasteiger partial charge in [0.15, 0.2) is 0 Å². The molecule has 0 radical (unpaired) electrons. The van der Waals surface area contributed by atoms with E-state index in [0.717, 1.165) is 17.9 Å². The quantitative estimate of drug-likeness (QED) is 0.437. The smallest absolute Gasteiger partial charge is 0.489 e. The van der Waals surface area contributed by atoms with Crippen molar-refractivity contribution in [3.63, 3.8) is 0 Å². The van der Waals surface area contributed by atoms with Gasteiger partial charge in [-0.15, -0.1) is 0 Å². The zero-order valence-electron chi connectivity index (χ0n) is 10.8. The second kappa shape index (κ2) is 11.4. The summed E-state index contributed by atoms with van der Waals surface area (Å²) in [5.41, 5.74) is 0. The van der Waals surface area contributed by atoms with E-state index in [1.165, 1.54) is 0 Å². The molecule has 0 aromatic rings. The Labute approximate surface area is 104 Å². The van der Waals surface area contributed by atoms with Gasteiger partial charge in [-0.2, -0.15) is 0 Å². The van der Waals surface area contributed by atoms with Crippen molar-refractivity contribution in [3.05, 3.63) is 11.1 Å². The summed E-state index contributed by atoms with van der Waals surface area (Å²) in [6.07, 6.45) is 3.96. The van der Waals surface area contributed by atoms with Gasteiger partial charge in [-0.25, -0.2) is 0 Å². The minimum atomic E-state index is -0.283. The Morgan fingerprint density at radius 2 is 1.69 bits per heavy atom. The number of hydrogen-bond donors (Lipinski definition) is 0. The lowest BCUT2D eigenvalue weighted by molar-refractivity contribution is 0.203. The van der Waals surface area contributed by atoms with Gasteiger partial charge in [0, 0.05) is 13.2 Å². The molecule has 0 amide bonds. The van der Waals surface area contributed by atoms with Gasteiger partial charge in [0.25, 0.3) is 0 Å². The Hall–Kier alpha value is -0.125. The van der Waals surface area contributed by atoms with Gasteiger partial charge in [0.2, 0.25) is 0 Å². The molecule has 0 aliphatic heterocycles. The summed E-state index contributed by atoms with van der Waals surface area (Å²) < 4.78 is 16.6. The van der Waals surface area contributed by atoms with Crippen molar-refractivity contribution in [2.75, 3.05) is 26.1 Å². The number of ether oxygens (including phenoxy) is 1. The summed E-state index contributed by atoms with van der Waals surface area (Å²) in [4.78, 5) is 0. The molecule has 0 saturated heterocycles. The maximum absolute atomic E-state index is 5.58. The number of hydrogen-bond acceptors (Lipinski definition) is 4. The predicted octanol–water partition coefficient (Wildman–Crippen LogP) is 3.11. The first-order valence-electron chi connectivity index (χ1n) is 5.90. The van der Waals surface area contributed by atoms with E-state index in [9.17, 15) is 0 Å². The van der Waals surface area contributed by atoms with Crippen LogP contribution in [0.4, 0.5) is 0 Å². The molecule has 0 rings (SSSR count). The molecule has 94 valence electrons. The predicted molar refractivity (Wildman–Crippen MR) is 71.5 cm³/mol. The van der Waals surface area contributed by atoms with Gasteiger partial charge in [-0.05, 0) is 32.0 Å². The van der Waals surface area contributed by atoms with Crippen LogP contribution in [-0.2, 0) is 14.0 Å². The highest BCUT2D eigenvalue weighted by atomic mass is 32.2. The highest BCUT2D eigenvalue weighted by molar-refractivity contribution is 8.02. The van der Waals surface area contributed by atoms with E-state index in [0.29, 0.717) is 19.8 Å². The molecular formula is C11H23BO3S. The molecular weight excluding hydrogens is 223 g/mol. The van der Waals surface area contributed by atoms with E-state index in [-0.39, 0.29) is 7.12 Å². The third-order valence-corrected chi connectivity index (χ3v) is 2.39. The minimum absolute atomic E-state index is 0.283. The average Bonchev–Trinajstić information content (AvgIpc) is 2.31. The molecule has 0 fully saturated rings. The van der Waals surface area contributed by atoms with Crippen LogP contribution in [0.2, 0.25) is 0 Å². The molecule has 3 nitrogen and oxygen atoms in total. The molecule has 0 N–H and O–H groups in total. The molecule has 0 spiro atoms. The van der Waals surface area contributed by atoms with Gasteiger partial charge in [0.1, 0.15) is 5.09 Å². The molecule has 0 saturated carbocycles. The van der Waals surface area contributed by atoms with E-state index in [4.69, 9.17) is 14.0 Å². The van der Waals surface area contributed by atoms with Crippen LogP contribution in [0.15, 0.2) is 11.1 Å². The Morgan fingerprint density at radius 3 is 2.06 bits per heavy atom. The topological polar surface area (TPSA) is 27.7 Å².